The van der Waals surface area contributed by atoms with E-state index in [2.05, 4.69) is 31.3 Å². The second-order valence-electron chi connectivity index (χ2n) is 4.63. The molecule has 1 aromatic carbocycles. The van der Waals surface area contributed by atoms with Gasteiger partial charge in [-0.25, -0.2) is 0 Å². The number of hydrogen-bond donors (Lipinski definition) is 1. The number of hydrogen-bond acceptors (Lipinski definition) is 3. The highest BCUT2D eigenvalue weighted by Crippen LogP contribution is 2.12. The molecule has 1 saturated heterocycles. The van der Waals surface area contributed by atoms with Crippen molar-refractivity contribution in [3.63, 3.8) is 0 Å². The number of ether oxygens (including phenoxy) is 1. The van der Waals surface area contributed by atoms with Crippen LogP contribution in [0.2, 0.25) is 0 Å². The van der Waals surface area contributed by atoms with E-state index in [9.17, 15) is 4.79 Å². The van der Waals surface area contributed by atoms with Crippen molar-refractivity contribution in [3.8, 4) is 0 Å². The molecule has 1 aliphatic heterocycles. The molecule has 1 heterocycles. The molecule has 1 fully saturated rings. The Hall–Kier alpha value is -1.19. The van der Waals surface area contributed by atoms with Crippen molar-refractivity contribution in [2.45, 2.75) is 26.4 Å². The average Bonchev–Trinajstić information content (AvgIpc) is 2.35. The van der Waals surface area contributed by atoms with E-state index < -0.39 is 0 Å². The first kappa shape index (κ1) is 12.3. The summed E-state index contributed by atoms with van der Waals surface area (Å²) in [6, 6.07) is 6.18. The molecule has 1 N–H and O–H groups in total. The van der Waals surface area contributed by atoms with Gasteiger partial charge in [0.05, 0.1) is 6.61 Å². The van der Waals surface area contributed by atoms with E-state index in [0.29, 0.717) is 19.6 Å². The van der Waals surface area contributed by atoms with Crippen LogP contribution in [-0.2, 0) is 16.0 Å². The van der Waals surface area contributed by atoms with E-state index in [4.69, 9.17) is 4.74 Å². The van der Waals surface area contributed by atoms with Crippen molar-refractivity contribution >= 4 is 5.78 Å². The van der Waals surface area contributed by atoms with E-state index in [1.807, 2.05) is 6.07 Å². The van der Waals surface area contributed by atoms with Crippen LogP contribution in [0.25, 0.3) is 0 Å². The van der Waals surface area contributed by atoms with Gasteiger partial charge in [0, 0.05) is 19.5 Å². The Kier molecular flexibility index (Phi) is 3.92. The van der Waals surface area contributed by atoms with Gasteiger partial charge >= 0.3 is 0 Å². The number of morpholine rings is 1. The zero-order chi connectivity index (χ0) is 12.3. The molecule has 0 saturated carbocycles. The number of Topliss-reactive ketones (excluding diaryl/α,β-unsaturated/α-hetero) is 1. The first-order valence-corrected chi connectivity index (χ1v) is 6.08. The SMILES string of the molecule is Cc1ccc(CC(=O)C2CNCCO2)cc1C. The Balaban J connectivity index is 1.99. The van der Waals surface area contributed by atoms with Crippen LogP contribution in [0.1, 0.15) is 16.7 Å². The van der Waals surface area contributed by atoms with Gasteiger partial charge in [0.15, 0.2) is 5.78 Å². The van der Waals surface area contributed by atoms with Crippen molar-refractivity contribution < 1.29 is 9.53 Å². The number of nitrogens with one attached hydrogen (secondary N) is 1. The van der Waals surface area contributed by atoms with Gasteiger partial charge in [-0.05, 0) is 30.5 Å². The molecule has 17 heavy (non-hydrogen) atoms. The van der Waals surface area contributed by atoms with Crippen LogP contribution in [-0.4, -0.2) is 31.6 Å². The van der Waals surface area contributed by atoms with Gasteiger partial charge in [0.1, 0.15) is 6.10 Å². The molecule has 0 bridgehead atoms. The van der Waals surface area contributed by atoms with Gasteiger partial charge in [-0.3, -0.25) is 4.79 Å². The van der Waals surface area contributed by atoms with Crippen molar-refractivity contribution in [1.29, 1.82) is 0 Å². The van der Waals surface area contributed by atoms with E-state index in [1.165, 1.54) is 11.1 Å². The summed E-state index contributed by atoms with van der Waals surface area (Å²) >= 11 is 0. The lowest BCUT2D eigenvalue weighted by atomic mass is 10.0. The van der Waals surface area contributed by atoms with Gasteiger partial charge in [-0.2, -0.15) is 0 Å². The highest BCUT2D eigenvalue weighted by Gasteiger charge is 2.21. The standard InChI is InChI=1S/C14H19NO2/c1-10-3-4-12(7-11(10)2)8-13(16)14-9-15-5-6-17-14/h3-4,7,14-15H,5-6,8-9H2,1-2H3. The predicted octanol–water partition coefficient (Wildman–Crippen LogP) is 1.40. The highest BCUT2D eigenvalue weighted by atomic mass is 16.5. The molecule has 3 nitrogen and oxygen atoms in total. The lowest BCUT2D eigenvalue weighted by molar-refractivity contribution is -0.131. The van der Waals surface area contributed by atoms with Gasteiger partial charge in [-0.1, -0.05) is 18.2 Å². The van der Waals surface area contributed by atoms with E-state index in [0.717, 1.165) is 12.1 Å². The quantitative estimate of drug-likeness (QED) is 0.857. The molecule has 0 amide bonds. The first-order valence-electron chi connectivity index (χ1n) is 6.08. The van der Waals surface area contributed by atoms with Gasteiger partial charge < -0.3 is 10.1 Å². The summed E-state index contributed by atoms with van der Waals surface area (Å²) in [6.45, 7) is 6.26. The minimum atomic E-state index is -0.273. The number of benzene rings is 1. The lowest BCUT2D eigenvalue weighted by Crippen LogP contribution is -2.43. The zero-order valence-electron chi connectivity index (χ0n) is 10.5. The van der Waals surface area contributed by atoms with Gasteiger partial charge in [0.25, 0.3) is 0 Å². The summed E-state index contributed by atoms with van der Waals surface area (Å²) < 4.78 is 5.45. The topological polar surface area (TPSA) is 38.3 Å². The maximum absolute atomic E-state index is 12.0. The van der Waals surface area contributed by atoms with Crippen molar-refractivity contribution in [1.82, 2.24) is 5.32 Å². The molecule has 1 aromatic rings. The Bertz CT molecular complexity index is 409. The molecule has 1 aliphatic rings. The third-order valence-corrected chi connectivity index (χ3v) is 3.24. The number of ketones is 1. The maximum Gasteiger partial charge on any atom is 0.167 e. The predicted molar refractivity (Wildman–Crippen MR) is 67.2 cm³/mol. The zero-order valence-corrected chi connectivity index (χ0v) is 10.5. The molecule has 0 radical (unpaired) electrons. The van der Waals surface area contributed by atoms with Crippen LogP contribution in [0, 0.1) is 13.8 Å². The summed E-state index contributed by atoms with van der Waals surface area (Å²) in [5.74, 6) is 0.167. The van der Waals surface area contributed by atoms with E-state index in [1.54, 1.807) is 0 Å². The molecular weight excluding hydrogens is 214 g/mol. The number of aryl methyl sites for hydroxylation is 2. The van der Waals surface area contributed by atoms with Gasteiger partial charge in [-0.15, -0.1) is 0 Å². The minimum absolute atomic E-state index is 0.167. The van der Waals surface area contributed by atoms with Crippen LogP contribution in [0.3, 0.4) is 0 Å². The fraction of sp³-hybridized carbons (Fsp3) is 0.500. The molecule has 2 rings (SSSR count). The number of rotatable bonds is 3. The largest absolute Gasteiger partial charge is 0.368 e. The van der Waals surface area contributed by atoms with Crippen LogP contribution in [0.5, 0.6) is 0 Å². The second-order valence-corrected chi connectivity index (χ2v) is 4.63. The lowest BCUT2D eigenvalue weighted by Gasteiger charge is -2.22. The Labute approximate surface area is 102 Å². The molecule has 1 atom stereocenters. The van der Waals surface area contributed by atoms with Crippen molar-refractivity contribution in [2.75, 3.05) is 19.7 Å². The van der Waals surface area contributed by atoms with Crippen LogP contribution < -0.4 is 5.32 Å². The third kappa shape index (κ3) is 3.14. The summed E-state index contributed by atoms with van der Waals surface area (Å²) in [5, 5.41) is 3.18. The van der Waals surface area contributed by atoms with E-state index in [-0.39, 0.29) is 11.9 Å². The van der Waals surface area contributed by atoms with Crippen molar-refractivity contribution in [2.24, 2.45) is 0 Å². The fourth-order valence-corrected chi connectivity index (χ4v) is 2.00. The molecule has 0 aromatic heterocycles. The second kappa shape index (κ2) is 5.43. The Morgan fingerprint density at radius 3 is 2.88 bits per heavy atom. The molecule has 0 aliphatic carbocycles. The molecule has 0 spiro atoms. The summed E-state index contributed by atoms with van der Waals surface area (Å²) in [5.41, 5.74) is 3.57. The summed E-state index contributed by atoms with van der Waals surface area (Å²) in [6.07, 6.45) is 0.193. The molecule has 1 unspecified atom stereocenters. The van der Waals surface area contributed by atoms with Crippen LogP contribution in [0.4, 0.5) is 0 Å². The first-order chi connectivity index (χ1) is 8.16. The summed E-state index contributed by atoms with van der Waals surface area (Å²) in [4.78, 5) is 12.0. The number of carbonyl (C=O) groups is 1. The molecular formula is C14H19NO2. The third-order valence-electron chi connectivity index (χ3n) is 3.24. The molecule has 92 valence electrons. The number of carbonyl (C=O) groups excluding carboxylic acids is 1. The maximum atomic E-state index is 12.0. The highest BCUT2D eigenvalue weighted by molar-refractivity contribution is 5.85. The fourth-order valence-electron chi connectivity index (χ4n) is 2.00. The van der Waals surface area contributed by atoms with Gasteiger partial charge in [0.2, 0.25) is 0 Å². The Morgan fingerprint density at radius 1 is 1.41 bits per heavy atom. The normalized spacial score (nSPS) is 20.2. The Morgan fingerprint density at radius 2 is 2.24 bits per heavy atom. The van der Waals surface area contributed by atoms with E-state index >= 15 is 0 Å². The van der Waals surface area contributed by atoms with Crippen molar-refractivity contribution in [3.05, 3.63) is 34.9 Å². The smallest absolute Gasteiger partial charge is 0.167 e. The minimum Gasteiger partial charge on any atom is -0.368 e. The summed E-state index contributed by atoms with van der Waals surface area (Å²) in [7, 11) is 0. The molecule has 3 heteroatoms. The van der Waals surface area contributed by atoms with Crippen LogP contribution in [0.15, 0.2) is 18.2 Å². The van der Waals surface area contributed by atoms with Crippen LogP contribution >= 0.6 is 0 Å². The monoisotopic (exact) mass is 233 g/mol. The average molecular weight is 233 g/mol.